The maximum Gasteiger partial charge on any atom is 0.142 e. The highest BCUT2D eigenvalue weighted by atomic mass is 32.1. The molecule has 1 unspecified atom stereocenters. The molecule has 1 aromatic heterocycles. The van der Waals surface area contributed by atoms with E-state index < -0.39 is 0 Å². The van der Waals surface area contributed by atoms with Gasteiger partial charge in [0.25, 0.3) is 0 Å². The molecule has 1 aromatic rings. The molecule has 0 bridgehead atoms. The van der Waals surface area contributed by atoms with Gasteiger partial charge in [-0.1, -0.05) is 6.92 Å². The Morgan fingerprint density at radius 2 is 2.36 bits per heavy atom. The van der Waals surface area contributed by atoms with Crippen LogP contribution in [0.1, 0.15) is 24.7 Å². The van der Waals surface area contributed by atoms with Crippen LogP contribution < -0.4 is 0 Å². The van der Waals surface area contributed by atoms with Crippen molar-refractivity contribution in [2.24, 2.45) is 0 Å². The zero-order chi connectivity index (χ0) is 8.27. The largest absolute Gasteiger partial charge is 0.393 e. The van der Waals surface area contributed by atoms with Gasteiger partial charge in [0.05, 0.1) is 6.10 Å². The zero-order valence-corrected chi connectivity index (χ0v) is 7.56. The molecule has 0 amide bonds. The molecule has 0 saturated heterocycles. The van der Waals surface area contributed by atoms with E-state index >= 15 is 0 Å². The molecule has 4 heteroatoms. The van der Waals surface area contributed by atoms with E-state index in [9.17, 15) is 0 Å². The number of aliphatic hydroxyl groups excluding tert-OH is 1. The van der Waals surface area contributed by atoms with Crippen LogP contribution in [0.15, 0.2) is 0 Å². The third-order valence-electron chi connectivity index (χ3n) is 1.30. The van der Waals surface area contributed by atoms with Crippen LogP contribution in [0.25, 0.3) is 0 Å². The van der Waals surface area contributed by atoms with Crippen molar-refractivity contribution in [3.8, 4) is 0 Å². The fourth-order valence-electron chi connectivity index (χ4n) is 0.769. The van der Waals surface area contributed by atoms with E-state index in [-0.39, 0.29) is 6.10 Å². The zero-order valence-electron chi connectivity index (χ0n) is 6.74. The molecule has 0 saturated carbocycles. The van der Waals surface area contributed by atoms with Crippen molar-refractivity contribution in [1.29, 1.82) is 0 Å². The highest BCUT2D eigenvalue weighted by molar-refractivity contribution is 7.05. The van der Waals surface area contributed by atoms with Crippen LogP contribution in [0, 0.1) is 0 Å². The Morgan fingerprint density at radius 3 is 2.82 bits per heavy atom. The van der Waals surface area contributed by atoms with Gasteiger partial charge in [-0.15, -0.1) is 0 Å². The second-order valence-corrected chi connectivity index (χ2v) is 3.35. The van der Waals surface area contributed by atoms with Gasteiger partial charge < -0.3 is 5.11 Å². The first-order chi connectivity index (χ1) is 5.22. The Kier molecular flexibility index (Phi) is 2.96. The summed E-state index contributed by atoms with van der Waals surface area (Å²) in [5.74, 6) is 0.880. The van der Waals surface area contributed by atoms with E-state index in [1.165, 1.54) is 11.5 Å². The summed E-state index contributed by atoms with van der Waals surface area (Å²) in [6.45, 7) is 3.78. The molecule has 0 fully saturated rings. The highest BCUT2D eigenvalue weighted by Gasteiger charge is 2.04. The normalized spacial score (nSPS) is 13.4. The summed E-state index contributed by atoms with van der Waals surface area (Å²) >= 11 is 1.38. The minimum absolute atomic E-state index is 0.312. The van der Waals surface area contributed by atoms with Crippen LogP contribution in [0.2, 0.25) is 0 Å². The average Bonchev–Trinajstić information content (AvgIpc) is 2.34. The Hall–Kier alpha value is -0.480. The Labute approximate surface area is 70.3 Å². The minimum atomic E-state index is -0.312. The van der Waals surface area contributed by atoms with Crippen molar-refractivity contribution in [2.45, 2.75) is 32.8 Å². The number of rotatable bonds is 3. The summed E-state index contributed by atoms with van der Waals surface area (Å²) < 4.78 is 4.11. The molecule has 1 atom stereocenters. The van der Waals surface area contributed by atoms with Crippen LogP contribution in [-0.2, 0) is 12.8 Å². The van der Waals surface area contributed by atoms with Gasteiger partial charge in [0.2, 0.25) is 0 Å². The number of hydrogen-bond donors (Lipinski definition) is 1. The van der Waals surface area contributed by atoms with Crippen LogP contribution in [0.3, 0.4) is 0 Å². The van der Waals surface area contributed by atoms with Gasteiger partial charge in [0, 0.05) is 12.8 Å². The summed E-state index contributed by atoms with van der Waals surface area (Å²) in [5.41, 5.74) is 0. The maximum atomic E-state index is 9.03. The predicted octanol–water partition coefficient (Wildman–Crippen LogP) is 1.02. The van der Waals surface area contributed by atoms with Crippen LogP contribution in [-0.4, -0.2) is 20.6 Å². The Bertz CT molecular complexity index is 222. The fraction of sp³-hybridized carbons (Fsp3) is 0.714. The van der Waals surface area contributed by atoms with Crippen molar-refractivity contribution in [2.75, 3.05) is 0 Å². The highest BCUT2D eigenvalue weighted by Crippen LogP contribution is 2.07. The Balaban J connectivity index is 2.58. The lowest BCUT2D eigenvalue weighted by atomic mass is 10.3. The van der Waals surface area contributed by atoms with Gasteiger partial charge in [0.15, 0.2) is 0 Å². The monoisotopic (exact) mass is 172 g/mol. The smallest absolute Gasteiger partial charge is 0.142 e. The van der Waals surface area contributed by atoms with Crippen LogP contribution in [0.4, 0.5) is 0 Å². The standard InChI is InChI=1S/C7H12N2OS/c1-3-6-8-7(11-9-6)4-5(2)10/h5,10H,3-4H2,1-2H3. The third-order valence-corrected chi connectivity index (χ3v) is 2.07. The van der Waals surface area contributed by atoms with E-state index in [0.717, 1.165) is 17.3 Å². The predicted molar refractivity (Wildman–Crippen MR) is 44.7 cm³/mol. The second-order valence-electron chi connectivity index (χ2n) is 2.51. The second kappa shape index (κ2) is 3.78. The molecule has 1 heterocycles. The van der Waals surface area contributed by atoms with E-state index in [0.29, 0.717) is 6.42 Å². The van der Waals surface area contributed by atoms with Gasteiger partial charge in [-0.25, -0.2) is 4.98 Å². The average molecular weight is 172 g/mol. The minimum Gasteiger partial charge on any atom is -0.393 e. The molecule has 11 heavy (non-hydrogen) atoms. The molecular formula is C7H12N2OS. The van der Waals surface area contributed by atoms with Gasteiger partial charge in [-0.05, 0) is 18.5 Å². The van der Waals surface area contributed by atoms with E-state index in [2.05, 4.69) is 9.36 Å². The van der Waals surface area contributed by atoms with E-state index in [1.807, 2.05) is 6.92 Å². The first-order valence-corrected chi connectivity index (χ1v) is 4.49. The number of hydrogen-bond acceptors (Lipinski definition) is 4. The fourth-order valence-corrected chi connectivity index (χ4v) is 1.61. The van der Waals surface area contributed by atoms with Gasteiger partial charge >= 0.3 is 0 Å². The first-order valence-electron chi connectivity index (χ1n) is 3.72. The number of nitrogens with zero attached hydrogens (tertiary/aromatic N) is 2. The van der Waals surface area contributed by atoms with E-state index in [4.69, 9.17) is 5.11 Å². The first kappa shape index (κ1) is 8.62. The molecule has 3 nitrogen and oxygen atoms in total. The lowest BCUT2D eigenvalue weighted by molar-refractivity contribution is 0.195. The summed E-state index contributed by atoms with van der Waals surface area (Å²) in [5, 5.41) is 9.95. The molecule has 0 aliphatic rings. The number of aliphatic hydroxyl groups is 1. The van der Waals surface area contributed by atoms with Crippen molar-refractivity contribution < 1.29 is 5.11 Å². The molecule has 0 aliphatic heterocycles. The number of aromatic nitrogens is 2. The van der Waals surface area contributed by atoms with Gasteiger partial charge in [-0.3, -0.25) is 0 Å². The van der Waals surface area contributed by atoms with Gasteiger partial charge in [-0.2, -0.15) is 4.37 Å². The lowest BCUT2D eigenvalue weighted by Gasteiger charge is -1.96. The summed E-state index contributed by atoms with van der Waals surface area (Å²) in [6.07, 6.45) is 1.18. The molecular weight excluding hydrogens is 160 g/mol. The third kappa shape index (κ3) is 2.55. The topological polar surface area (TPSA) is 46.0 Å². The van der Waals surface area contributed by atoms with Crippen molar-refractivity contribution in [3.05, 3.63) is 10.8 Å². The SMILES string of the molecule is CCc1nsc(CC(C)O)n1. The van der Waals surface area contributed by atoms with E-state index in [1.54, 1.807) is 6.92 Å². The lowest BCUT2D eigenvalue weighted by Crippen LogP contribution is -2.03. The molecule has 0 aliphatic carbocycles. The van der Waals surface area contributed by atoms with Gasteiger partial charge in [0.1, 0.15) is 10.8 Å². The van der Waals surface area contributed by atoms with Crippen LogP contribution >= 0.6 is 11.5 Å². The summed E-state index contributed by atoms with van der Waals surface area (Å²) in [6, 6.07) is 0. The van der Waals surface area contributed by atoms with Crippen molar-refractivity contribution in [3.63, 3.8) is 0 Å². The summed E-state index contributed by atoms with van der Waals surface area (Å²) in [4.78, 5) is 4.22. The van der Waals surface area contributed by atoms with Crippen molar-refractivity contribution >= 4 is 11.5 Å². The quantitative estimate of drug-likeness (QED) is 0.740. The molecule has 0 spiro atoms. The molecule has 1 rings (SSSR count). The molecule has 0 aromatic carbocycles. The molecule has 62 valence electrons. The maximum absolute atomic E-state index is 9.03. The molecule has 1 N–H and O–H groups in total. The van der Waals surface area contributed by atoms with Crippen LogP contribution in [0.5, 0.6) is 0 Å². The number of aryl methyl sites for hydroxylation is 1. The Morgan fingerprint density at radius 1 is 1.64 bits per heavy atom. The summed E-state index contributed by atoms with van der Waals surface area (Å²) in [7, 11) is 0. The molecule has 0 radical (unpaired) electrons. The van der Waals surface area contributed by atoms with Crippen molar-refractivity contribution in [1.82, 2.24) is 9.36 Å².